The van der Waals surface area contributed by atoms with E-state index in [1.54, 1.807) is 6.07 Å². The summed E-state index contributed by atoms with van der Waals surface area (Å²) in [7, 11) is 2.07. The van der Waals surface area contributed by atoms with Gasteiger partial charge in [0.25, 0.3) is 5.91 Å². The van der Waals surface area contributed by atoms with Crippen LogP contribution in [0.1, 0.15) is 30.8 Å². The number of carbonyl (C=O) groups is 1. The van der Waals surface area contributed by atoms with Gasteiger partial charge >= 0.3 is 0 Å². The first-order valence-electron chi connectivity index (χ1n) is 7.60. The number of hydrogen-bond acceptors (Lipinski definition) is 5. The number of rotatable bonds is 5. The van der Waals surface area contributed by atoms with E-state index in [-0.39, 0.29) is 5.91 Å². The van der Waals surface area contributed by atoms with Crippen LogP contribution >= 0.6 is 0 Å². The van der Waals surface area contributed by atoms with Crippen LogP contribution in [0.15, 0.2) is 12.4 Å². The first-order valence-corrected chi connectivity index (χ1v) is 7.60. The van der Waals surface area contributed by atoms with Crippen LogP contribution in [-0.4, -0.2) is 65.4 Å². The van der Waals surface area contributed by atoms with Gasteiger partial charge < -0.3 is 15.1 Å². The highest BCUT2D eigenvalue weighted by atomic mass is 16.2. The zero-order chi connectivity index (χ0) is 15.2. The normalized spacial score (nSPS) is 16.3. The molecule has 2 heterocycles. The number of carbonyl (C=O) groups excluding carboxylic acids is 1. The monoisotopic (exact) mass is 291 g/mol. The Kier molecular flexibility index (Phi) is 5.50. The Morgan fingerprint density at radius 1 is 1.29 bits per heavy atom. The highest BCUT2D eigenvalue weighted by Gasteiger charge is 2.21. The lowest BCUT2D eigenvalue weighted by Crippen LogP contribution is -2.47. The van der Waals surface area contributed by atoms with Crippen LogP contribution in [0.5, 0.6) is 0 Å². The first kappa shape index (κ1) is 15.7. The molecule has 1 aromatic heterocycles. The molecule has 1 amide bonds. The Balaban J connectivity index is 1.94. The average Bonchev–Trinajstić information content (AvgIpc) is 2.47. The molecular weight excluding hydrogens is 266 g/mol. The summed E-state index contributed by atoms with van der Waals surface area (Å²) in [5.74, 6) is 1.37. The van der Waals surface area contributed by atoms with E-state index in [0.29, 0.717) is 11.6 Å². The molecule has 116 valence electrons. The second-order valence-corrected chi connectivity index (χ2v) is 5.99. The van der Waals surface area contributed by atoms with Gasteiger partial charge in [-0.05, 0) is 19.4 Å². The maximum atomic E-state index is 12.4. The van der Waals surface area contributed by atoms with Crippen molar-refractivity contribution in [1.82, 2.24) is 19.8 Å². The number of amides is 1. The molecule has 6 nitrogen and oxygen atoms in total. The molecule has 1 N–H and O–H groups in total. The number of nitrogens with one attached hydrogen (secondary N) is 1. The van der Waals surface area contributed by atoms with Crippen molar-refractivity contribution in [3.05, 3.63) is 18.1 Å². The van der Waals surface area contributed by atoms with E-state index >= 15 is 0 Å². The highest BCUT2D eigenvalue weighted by molar-refractivity contribution is 5.93. The van der Waals surface area contributed by atoms with Gasteiger partial charge in [0.05, 0.1) is 0 Å². The fourth-order valence-electron chi connectivity index (χ4n) is 2.23. The molecule has 1 aliphatic heterocycles. The Bertz CT molecular complexity index is 469. The highest BCUT2D eigenvalue weighted by Crippen LogP contribution is 2.10. The van der Waals surface area contributed by atoms with Crippen molar-refractivity contribution in [2.45, 2.75) is 20.3 Å². The summed E-state index contributed by atoms with van der Waals surface area (Å²) in [5, 5.41) is 3.25. The van der Waals surface area contributed by atoms with E-state index in [1.807, 2.05) is 4.90 Å². The Morgan fingerprint density at radius 3 is 2.67 bits per heavy atom. The minimum absolute atomic E-state index is 0.00240. The number of hydrogen-bond donors (Lipinski definition) is 1. The molecule has 0 radical (unpaired) electrons. The third-order valence-electron chi connectivity index (χ3n) is 3.70. The fraction of sp³-hybridized carbons (Fsp3) is 0.667. The van der Waals surface area contributed by atoms with Crippen molar-refractivity contribution >= 4 is 11.7 Å². The summed E-state index contributed by atoms with van der Waals surface area (Å²) in [6.45, 7) is 8.57. The minimum atomic E-state index is -0.00240. The van der Waals surface area contributed by atoms with Gasteiger partial charge in [0.2, 0.25) is 0 Å². The number of nitrogens with zero attached hydrogens (tertiary/aromatic N) is 4. The molecule has 2 rings (SSSR count). The van der Waals surface area contributed by atoms with E-state index < -0.39 is 0 Å². The molecule has 1 fully saturated rings. The van der Waals surface area contributed by atoms with Crippen LogP contribution in [0.25, 0.3) is 0 Å². The maximum Gasteiger partial charge on any atom is 0.272 e. The van der Waals surface area contributed by atoms with Crippen molar-refractivity contribution in [2.24, 2.45) is 5.92 Å². The van der Waals surface area contributed by atoms with Gasteiger partial charge in [0.15, 0.2) is 0 Å². The van der Waals surface area contributed by atoms with Crippen molar-refractivity contribution in [3.8, 4) is 0 Å². The fourth-order valence-corrected chi connectivity index (χ4v) is 2.23. The molecule has 0 unspecified atom stereocenters. The summed E-state index contributed by atoms with van der Waals surface area (Å²) in [5.41, 5.74) is 0.474. The third-order valence-corrected chi connectivity index (χ3v) is 3.70. The standard InChI is InChI=1S/C15H25N5O/c1-12(2)4-5-16-14-10-13(17-11-18-14)15(21)20-8-6-19(3)7-9-20/h10-12H,4-9H2,1-3H3,(H,16,17,18). The van der Waals surface area contributed by atoms with Crippen LogP contribution in [-0.2, 0) is 0 Å². The molecule has 6 heteroatoms. The Morgan fingerprint density at radius 2 is 2.00 bits per heavy atom. The molecule has 21 heavy (non-hydrogen) atoms. The lowest BCUT2D eigenvalue weighted by atomic mass is 10.1. The molecule has 1 aliphatic rings. The summed E-state index contributed by atoms with van der Waals surface area (Å²) < 4.78 is 0. The van der Waals surface area contributed by atoms with E-state index in [9.17, 15) is 4.79 Å². The number of piperazine rings is 1. The Hall–Kier alpha value is -1.69. The van der Waals surface area contributed by atoms with E-state index in [2.05, 4.69) is 41.1 Å². The topological polar surface area (TPSA) is 61.4 Å². The summed E-state index contributed by atoms with van der Waals surface area (Å²) >= 11 is 0. The molecule has 0 atom stereocenters. The number of aromatic nitrogens is 2. The second-order valence-electron chi connectivity index (χ2n) is 5.99. The van der Waals surface area contributed by atoms with E-state index in [1.165, 1.54) is 6.33 Å². The van der Waals surface area contributed by atoms with Gasteiger partial charge in [0, 0.05) is 38.8 Å². The summed E-state index contributed by atoms with van der Waals surface area (Å²) in [6.07, 6.45) is 2.53. The number of likely N-dealkylation sites (N-methyl/N-ethyl adjacent to an activating group) is 1. The Labute approximate surface area is 126 Å². The molecule has 1 saturated heterocycles. The molecule has 0 saturated carbocycles. The lowest BCUT2D eigenvalue weighted by Gasteiger charge is -2.32. The molecular formula is C15H25N5O. The van der Waals surface area contributed by atoms with Crippen LogP contribution in [0.3, 0.4) is 0 Å². The van der Waals surface area contributed by atoms with Crippen LogP contribution in [0.2, 0.25) is 0 Å². The zero-order valence-corrected chi connectivity index (χ0v) is 13.2. The quantitative estimate of drug-likeness (QED) is 0.886. The smallest absolute Gasteiger partial charge is 0.272 e. The first-order chi connectivity index (χ1) is 10.1. The number of anilines is 1. The molecule has 0 bridgehead atoms. The van der Waals surface area contributed by atoms with E-state index in [0.717, 1.165) is 45.0 Å². The van der Waals surface area contributed by atoms with Crippen molar-refractivity contribution < 1.29 is 4.79 Å². The molecule has 1 aromatic rings. The zero-order valence-electron chi connectivity index (χ0n) is 13.2. The van der Waals surface area contributed by atoms with Gasteiger partial charge in [-0.25, -0.2) is 9.97 Å². The largest absolute Gasteiger partial charge is 0.370 e. The van der Waals surface area contributed by atoms with Crippen LogP contribution in [0.4, 0.5) is 5.82 Å². The van der Waals surface area contributed by atoms with Crippen molar-refractivity contribution in [3.63, 3.8) is 0 Å². The minimum Gasteiger partial charge on any atom is -0.370 e. The van der Waals surface area contributed by atoms with Crippen molar-refractivity contribution in [2.75, 3.05) is 45.1 Å². The average molecular weight is 291 g/mol. The van der Waals surface area contributed by atoms with Crippen LogP contribution in [0, 0.1) is 5.92 Å². The van der Waals surface area contributed by atoms with Gasteiger partial charge in [-0.2, -0.15) is 0 Å². The SMILES string of the molecule is CC(C)CCNc1cc(C(=O)N2CCN(C)CC2)ncn1. The predicted octanol–water partition coefficient (Wildman–Crippen LogP) is 1.32. The third kappa shape index (κ3) is 4.67. The summed E-state index contributed by atoms with van der Waals surface area (Å²) in [4.78, 5) is 24.8. The van der Waals surface area contributed by atoms with Gasteiger partial charge in [-0.3, -0.25) is 4.79 Å². The molecule has 0 spiro atoms. The second kappa shape index (κ2) is 7.36. The van der Waals surface area contributed by atoms with Crippen LogP contribution < -0.4 is 5.32 Å². The van der Waals surface area contributed by atoms with Gasteiger partial charge in [0.1, 0.15) is 17.8 Å². The van der Waals surface area contributed by atoms with Crippen molar-refractivity contribution in [1.29, 1.82) is 0 Å². The molecule has 0 aliphatic carbocycles. The van der Waals surface area contributed by atoms with Gasteiger partial charge in [-0.1, -0.05) is 13.8 Å². The predicted molar refractivity (Wildman–Crippen MR) is 83.4 cm³/mol. The maximum absolute atomic E-state index is 12.4. The summed E-state index contributed by atoms with van der Waals surface area (Å²) in [6, 6.07) is 1.75. The molecule has 0 aromatic carbocycles. The van der Waals surface area contributed by atoms with Gasteiger partial charge in [-0.15, -0.1) is 0 Å². The van der Waals surface area contributed by atoms with E-state index in [4.69, 9.17) is 0 Å². The lowest BCUT2D eigenvalue weighted by molar-refractivity contribution is 0.0658.